The molecule has 2 amide bonds. The van der Waals surface area contributed by atoms with E-state index in [2.05, 4.69) is 0 Å². The van der Waals surface area contributed by atoms with Crippen LogP contribution in [0.25, 0.3) is 6.08 Å². The van der Waals surface area contributed by atoms with Gasteiger partial charge in [0.1, 0.15) is 6.61 Å². The van der Waals surface area contributed by atoms with Crippen LogP contribution in [0.4, 0.5) is 4.79 Å². The molecule has 1 saturated heterocycles. The highest BCUT2D eigenvalue weighted by Gasteiger charge is 2.35. The van der Waals surface area contributed by atoms with Crippen molar-refractivity contribution in [3.63, 3.8) is 0 Å². The lowest BCUT2D eigenvalue weighted by atomic mass is 10.1. The quantitative estimate of drug-likeness (QED) is 0.313. The van der Waals surface area contributed by atoms with Gasteiger partial charge in [-0.05, 0) is 53.2 Å². The molecule has 0 unspecified atom stereocenters. The Labute approximate surface area is 221 Å². The molecule has 36 heavy (non-hydrogen) atoms. The third kappa shape index (κ3) is 4.97. The van der Waals surface area contributed by atoms with Gasteiger partial charge in [-0.1, -0.05) is 47.5 Å². The zero-order valence-electron chi connectivity index (χ0n) is 19.0. The summed E-state index contributed by atoms with van der Waals surface area (Å²) >= 11 is 13.4. The number of nitrogens with zero attached hydrogens (tertiary/aromatic N) is 1. The Kier molecular flexibility index (Phi) is 7.00. The first-order chi connectivity index (χ1) is 17.4. The Bertz CT molecular complexity index is 1390. The summed E-state index contributed by atoms with van der Waals surface area (Å²) in [6, 6.07) is 16.0. The molecule has 10 heteroatoms. The van der Waals surface area contributed by atoms with Crippen LogP contribution in [0.15, 0.2) is 59.5 Å². The van der Waals surface area contributed by atoms with Gasteiger partial charge in [-0.2, -0.15) is 0 Å². The summed E-state index contributed by atoms with van der Waals surface area (Å²) in [4.78, 5) is 27.1. The maximum atomic E-state index is 13.0. The van der Waals surface area contributed by atoms with Crippen molar-refractivity contribution in [2.24, 2.45) is 0 Å². The number of imide groups is 1. The number of rotatable bonds is 7. The number of amides is 2. The van der Waals surface area contributed by atoms with Gasteiger partial charge in [0.2, 0.25) is 6.79 Å². The molecule has 2 aliphatic heterocycles. The van der Waals surface area contributed by atoms with E-state index in [0.717, 1.165) is 22.2 Å². The molecule has 3 aromatic carbocycles. The standard InChI is InChI=1S/C26H19Cl2NO6S/c1-32-21-8-15(6-7-20(21)33-13-16-4-2-3-5-18(16)27)9-24-25(30)29(26(31)36-24)12-17-10-22-23(11-19(17)28)35-14-34-22/h2-11H,12-14H2,1H3/b24-9-. The Morgan fingerprint density at radius 2 is 1.75 bits per heavy atom. The number of benzene rings is 3. The molecule has 3 aromatic rings. The van der Waals surface area contributed by atoms with E-state index >= 15 is 0 Å². The number of fused-ring (bicyclic) bond motifs is 1. The predicted octanol–water partition coefficient (Wildman–Crippen LogP) is 6.55. The highest BCUT2D eigenvalue weighted by Crippen LogP contribution is 2.40. The predicted molar refractivity (Wildman–Crippen MR) is 138 cm³/mol. The van der Waals surface area contributed by atoms with Crippen LogP contribution in [0.5, 0.6) is 23.0 Å². The molecule has 7 nitrogen and oxygen atoms in total. The van der Waals surface area contributed by atoms with Crippen LogP contribution < -0.4 is 18.9 Å². The average molecular weight is 544 g/mol. The minimum Gasteiger partial charge on any atom is -0.493 e. The van der Waals surface area contributed by atoms with E-state index in [1.54, 1.807) is 42.5 Å². The van der Waals surface area contributed by atoms with Gasteiger partial charge < -0.3 is 18.9 Å². The molecule has 1 fully saturated rings. The third-order valence-corrected chi connectivity index (χ3v) is 7.20. The van der Waals surface area contributed by atoms with E-state index in [9.17, 15) is 9.59 Å². The van der Waals surface area contributed by atoms with Crippen molar-refractivity contribution in [1.82, 2.24) is 4.90 Å². The lowest BCUT2D eigenvalue weighted by molar-refractivity contribution is -0.123. The van der Waals surface area contributed by atoms with Crippen LogP contribution >= 0.6 is 35.0 Å². The zero-order valence-corrected chi connectivity index (χ0v) is 21.3. The van der Waals surface area contributed by atoms with E-state index < -0.39 is 5.91 Å². The number of halogens is 2. The van der Waals surface area contributed by atoms with Gasteiger partial charge in [0.25, 0.3) is 11.1 Å². The topological polar surface area (TPSA) is 74.3 Å². The van der Waals surface area contributed by atoms with Crippen molar-refractivity contribution < 1.29 is 28.5 Å². The van der Waals surface area contributed by atoms with Gasteiger partial charge in [0.15, 0.2) is 23.0 Å². The molecule has 0 radical (unpaired) electrons. The van der Waals surface area contributed by atoms with Crippen LogP contribution in [0.1, 0.15) is 16.7 Å². The van der Waals surface area contributed by atoms with Crippen molar-refractivity contribution in [3.8, 4) is 23.0 Å². The van der Waals surface area contributed by atoms with E-state index in [1.807, 2.05) is 18.2 Å². The third-order valence-electron chi connectivity index (χ3n) is 5.57. The molecular formula is C26H19Cl2NO6S. The highest BCUT2D eigenvalue weighted by molar-refractivity contribution is 8.18. The first kappa shape index (κ1) is 24.4. The van der Waals surface area contributed by atoms with Gasteiger partial charge in [-0.15, -0.1) is 0 Å². The number of hydrogen-bond acceptors (Lipinski definition) is 7. The van der Waals surface area contributed by atoms with Crippen LogP contribution in [0.2, 0.25) is 10.0 Å². The molecule has 0 aromatic heterocycles. The van der Waals surface area contributed by atoms with Gasteiger partial charge in [0.05, 0.1) is 18.6 Å². The summed E-state index contributed by atoms with van der Waals surface area (Å²) in [6.45, 7) is 0.402. The largest absolute Gasteiger partial charge is 0.493 e. The van der Waals surface area contributed by atoms with E-state index in [4.69, 9.17) is 42.1 Å². The smallest absolute Gasteiger partial charge is 0.293 e. The van der Waals surface area contributed by atoms with Crippen LogP contribution in [-0.4, -0.2) is 29.9 Å². The molecule has 0 atom stereocenters. The fraction of sp³-hybridized carbons (Fsp3) is 0.154. The molecule has 2 heterocycles. The maximum Gasteiger partial charge on any atom is 0.293 e. The number of carbonyl (C=O) groups is 2. The molecular weight excluding hydrogens is 525 g/mol. The lowest BCUT2D eigenvalue weighted by Gasteiger charge is -2.14. The summed E-state index contributed by atoms with van der Waals surface area (Å²) < 4.78 is 22.0. The summed E-state index contributed by atoms with van der Waals surface area (Å²) in [5, 5.41) is 0.622. The molecule has 2 aliphatic rings. The molecule has 0 bridgehead atoms. The molecule has 0 aliphatic carbocycles. The fourth-order valence-electron chi connectivity index (χ4n) is 3.70. The number of methoxy groups -OCH3 is 1. The summed E-state index contributed by atoms with van der Waals surface area (Å²) in [5.41, 5.74) is 2.12. The molecule has 0 saturated carbocycles. The Balaban J connectivity index is 1.32. The lowest BCUT2D eigenvalue weighted by Crippen LogP contribution is -2.27. The summed E-state index contributed by atoms with van der Waals surface area (Å²) in [5.74, 6) is 1.67. The number of ether oxygens (including phenoxy) is 4. The van der Waals surface area contributed by atoms with E-state index in [1.165, 1.54) is 7.11 Å². The molecule has 184 valence electrons. The Morgan fingerprint density at radius 1 is 0.972 bits per heavy atom. The van der Waals surface area contributed by atoms with Gasteiger partial charge >= 0.3 is 0 Å². The SMILES string of the molecule is COc1cc(/C=C2\SC(=O)N(Cc3cc4c(cc3Cl)OCO4)C2=O)ccc1OCc1ccccc1Cl. The van der Waals surface area contributed by atoms with Crippen molar-refractivity contribution in [2.45, 2.75) is 13.2 Å². The second kappa shape index (κ2) is 10.3. The summed E-state index contributed by atoms with van der Waals surface area (Å²) in [6.07, 6.45) is 1.65. The minimum absolute atomic E-state index is 0.0234. The molecule has 0 N–H and O–H groups in total. The minimum atomic E-state index is -0.406. The van der Waals surface area contributed by atoms with Crippen molar-refractivity contribution in [3.05, 3.63) is 86.2 Å². The molecule has 0 spiro atoms. The first-order valence-electron chi connectivity index (χ1n) is 10.8. The van der Waals surface area contributed by atoms with Crippen molar-refractivity contribution >= 4 is 52.2 Å². The van der Waals surface area contributed by atoms with Crippen molar-refractivity contribution in [2.75, 3.05) is 13.9 Å². The van der Waals surface area contributed by atoms with Crippen LogP contribution in [0, 0.1) is 0 Å². The second-order valence-electron chi connectivity index (χ2n) is 7.86. The van der Waals surface area contributed by atoms with Crippen LogP contribution in [-0.2, 0) is 17.9 Å². The average Bonchev–Trinajstić information content (AvgIpc) is 3.43. The van der Waals surface area contributed by atoms with E-state index in [-0.39, 0.29) is 25.2 Å². The highest BCUT2D eigenvalue weighted by atomic mass is 35.5. The molecule has 5 rings (SSSR count). The zero-order chi connectivity index (χ0) is 25.2. The fourth-order valence-corrected chi connectivity index (χ4v) is 4.94. The number of hydrogen-bond donors (Lipinski definition) is 0. The Morgan fingerprint density at radius 3 is 2.53 bits per heavy atom. The van der Waals surface area contributed by atoms with Gasteiger partial charge in [-0.25, -0.2) is 0 Å². The monoisotopic (exact) mass is 543 g/mol. The number of carbonyl (C=O) groups excluding carboxylic acids is 2. The first-order valence-corrected chi connectivity index (χ1v) is 12.4. The van der Waals surface area contributed by atoms with Crippen molar-refractivity contribution in [1.29, 1.82) is 0 Å². The van der Waals surface area contributed by atoms with Gasteiger partial charge in [-0.3, -0.25) is 14.5 Å². The summed E-state index contributed by atoms with van der Waals surface area (Å²) in [7, 11) is 1.53. The normalized spacial score (nSPS) is 15.6. The van der Waals surface area contributed by atoms with Gasteiger partial charge in [0, 0.05) is 21.7 Å². The number of thioether (sulfide) groups is 1. The van der Waals surface area contributed by atoms with E-state index in [0.29, 0.717) is 49.1 Å². The van der Waals surface area contributed by atoms with Crippen LogP contribution in [0.3, 0.4) is 0 Å². The second-order valence-corrected chi connectivity index (χ2v) is 9.66. The Hall–Kier alpha value is -3.33. The maximum absolute atomic E-state index is 13.0.